The maximum Gasteiger partial charge on any atom is 0.321 e. The van der Waals surface area contributed by atoms with Crippen molar-refractivity contribution < 1.29 is 46.2 Å². The Morgan fingerprint density at radius 3 is 2.31 bits per heavy atom. The number of hydrogen-bond donors (Lipinski definition) is 4. The number of amides is 4. The van der Waals surface area contributed by atoms with Gasteiger partial charge in [0.15, 0.2) is 21.4 Å². The Kier molecular flexibility index (Phi) is 9.80. The number of halogens is 2. The first-order valence-electron chi connectivity index (χ1n) is 15.2. The van der Waals surface area contributed by atoms with E-state index in [-0.39, 0.29) is 51.7 Å². The van der Waals surface area contributed by atoms with Crippen molar-refractivity contribution in [3.05, 3.63) is 82.9 Å². The van der Waals surface area contributed by atoms with Gasteiger partial charge in [0.05, 0.1) is 34.9 Å². The van der Waals surface area contributed by atoms with Gasteiger partial charge in [-0.25, -0.2) is 22.0 Å². The van der Waals surface area contributed by atoms with Crippen LogP contribution in [-0.4, -0.2) is 80.1 Å². The molecule has 5 rings (SSSR count). The number of carboxylic acids is 1. The van der Waals surface area contributed by atoms with Gasteiger partial charge < -0.3 is 36.0 Å². The molecule has 2 aliphatic rings. The second-order valence-corrected chi connectivity index (χ2v) is 14.3. The molecule has 1 aliphatic carbocycles. The van der Waals surface area contributed by atoms with Crippen LogP contribution >= 0.6 is 0 Å². The van der Waals surface area contributed by atoms with Gasteiger partial charge in [-0.2, -0.15) is 0 Å². The quantitative estimate of drug-likeness (QED) is 0.230. The number of likely N-dealkylation sites (tertiary alicyclic amines) is 1. The highest BCUT2D eigenvalue weighted by molar-refractivity contribution is 7.92. The molecule has 0 aromatic heterocycles. The highest BCUT2D eigenvalue weighted by atomic mass is 32.2. The fourth-order valence-electron chi connectivity index (χ4n) is 5.85. The smallest absolute Gasteiger partial charge is 0.321 e. The normalized spacial score (nSPS) is 18.0. The minimum absolute atomic E-state index is 0.0148. The average Bonchev–Trinajstić information content (AvgIpc) is 3.83. The van der Waals surface area contributed by atoms with Gasteiger partial charge in [-0.05, 0) is 78.9 Å². The first-order chi connectivity index (χ1) is 23.1. The van der Waals surface area contributed by atoms with Gasteiger partial charge >= 0.3 is 12.0 Å². The Labute approximate surface area is 280 Å². The molecular formula is C33H35F2N5O8S. The van der Waals surface area contributed by atoms with Gasteiger partial charge in [-0.1, -0.05) is 6.07 Å². The molecule has 3 aromatic rings. The van der Waals surface area contributed by atoms with Crippen molar-refractivity contribution in [2.75, 3.05) is 38.4 Å². The number of aliphatic carboxylic acids is 1. The molecule has 0 bridgehead atoms. The summed E-state index contributed by atoms with van der Waals surface area (Å²) in [5, 5.41) is 15.0. The minimum Gasteiger partial charge on any atom is -0.494 e. The maximum atomic E-state index is 15.1. The lowest BCUT2D eigenvalue weighted by Crippen LogP contribution is -2.40. The number of primary amides is 1. The molecule has 1 aliphatic heterocycles. The second kappa shape index (κ2) is 13.7. The topological polar surface area (TPSA) is 188 Å². The van der Waals surface area contributed by atoms with E-state index in [0.717, 1.165) is 24.3 Å². The Bertz CT molecular complexity index is 1940. The molecule has 2 fully saturated rings. The van der Waals surface area contributed by atoms with Crippen molar-refractivity contribution in [3.63, 3.8) is 0 Å². The molecule has 0 radical (unpaired) electrons. The molecule has 13 nitrogen and oxygen atoms in total. The predicted molar refractivity (Wildman–Crippen MR) is 174 cm³/mol. The number of rotatable bonds is 11. The number of nitrogens with two attached hydrogens (primary N) is 1. The molecule has 1 saturated carbocycles. The van der Waals surface area contributed by atoms with E-state index in [2.05, 4.69) is 10.6 Å². The van der Waals surface area contributed by atoms with Crippen LogP contribution in [0, 0.1) is 17.6 Å². The van der Waals surface area contributed by atoms with E-state index in [9.17, 15) is 37.1 Å². The summed E-state index contributed by atoms with van der Waals surface area (Å²) in [4.78, 5) is 54.0. The van der Waals surface area contributed by atoms with Crippen molar-refractivity contribution >= 4 is 45.0 Å². The summed E-state index contributed by atoms with van der Waals surface area (Å²) in [6.45, 7) is -0.155. The molecule has 2 unspecified atom stereocenters. The van der Waals surface area contributed by atoms with Crippen molar-refractivity contribution in [3.8, 4) is 5.75 Å². The lowest BCUT2D eigenvalue weighted by Gasteiger charge is -2.33. The van der Waals surface area contributed by atoms with Gasteiger partial charge in [-0.15, -0.1) is 0 Å². The van der Waals surface area contributed by atoms with Gasteiger partial charge in [-0.3, -0.25) is 14.4 Å². The first kappa shape index (κ1) is 35.1. The average molecular weight is 700 g/mol. The number of carboxylic acid groups (broad SMARTS) is 1. The van der Waals surface area contributed by atoms with E-state index in [1.807, 2.05) is 0 Å². The standard InChI is InChI=1S/C33H35F2N5O8S/c1-39(2)33(45)37-19-6-11-27(49(46,47)20-7-8-20)22(16-19)29-21(32(43)44)12-13-40(29)31(42)28(17-4-10-24(35)26(15-17)48-3)38-25-14-18(30(36)41)5-9-23(25)34/h4-6,9-11,14-16,20-21,28-29,38H,7-8,12-13H2,1-3H3,(H2,36,41)(H,37,45)(H,43,44)/t21?,28-,29?/m0/s1. The van der Waals surface area contributed by atoms with E-state index >= 15 is 4.39 Å². The molecule has 1 heterocycles. The number of carbonyl (C=O) groups is 4. The van der Waals surface area contributed by atoms with E-state index in [4.69, 9.17) is 10.5 Å². The van der Waals surface area contributed by atoms with Crippen LogP contribution < -0.4 is 21.1 Å². The molecule has 49 heavy (non-hydrogen) atoms. The molecular weight excluding hydrogens is 664 g/mol. The molecule has 1 saturated heterocycles. The number of anilines is 2. The molecule has 3 aromatic carbocycles. The maximum absolute atomic E-state index is 15.1. The summed E-state index contributed by atoms with van der Waals surface area (Å²) in [6.07, 6.45) is 0.740. The van der Waals surface area contributed by atoms with Crippen LogP contribution in [0.2, 0.25) is 0 Å². The lowest BCUT2D eigenvalue weighted by molar-refractivity contribution is -0.143. The third kappa shape index (κ3) is 7.13. The van der Waals surface area contributed by atoms with E-state index in [0.29, 0.717) is 12.8 Å². The zero-order chi connectivity index (χ0) is 35.8. The summed E-state index contributed by atoms with van der Waals surface area (Å²) >= 11 is 0. The van der Waals surface area contributed by atoms with Gasteiger partial charge in [0.25, 0.3) is 0 Å². The van der Waals surface area contributed by atoms with Gasteiger partial charge in [0.2, 0.25) is 11.8 Å². The van der Waals surface area contributed by atoms with Crippen molar-refractivity contribution in [1.82, 2.24) is 9.80 Å². The number of hydrogen-bond acceptors (Lipinski definition) is 8. The minimum atomic E-state index is -3.97. The predicted octanol–water partition coefficient (Wildman–Crippen LogP) is 3.93. The third-order valence-electron chi connectivity index (χ3n) is 8.56. The van der Waals surface area contributed by atoms with Crippen LogP contribution in [0.15, 0.2) is 59.5 Å². The van der Waals surface area contributed by atoms with E-state index in [1.54, 1.807) is 0 Å². The van der Waals surface area contributed by atoms with Crippen LogP contribution in [0.25, 0.3) is 0 Å². The van der Waals surface area contributed by atoms with Crippen LogP contribution in [0.1, 0.15) is 52.8 Å². The van der Waals surface area contributed by atoms with Crippen molar-refractivity contribution in [2.45, 2.75) is 41.5 Å². The van der Waals surface area contributed by atoms with Crippen LogP contribution in [0.4, 0.5) is 25.0 Å². The summed E-state index contributed by atoms with van der Waals surface area (Å²) in [6, 6.07) is 7.32. The fourth-order valence-corrected chi connectivity index (χ4v) is 7.73. The van der Waals surface area contributed by atoms with E-state index < -0.39 is 68.5 Å². The Morgan fingerprint density at radius 1 is 1.00 bits per heavy atom. The van der Waals surface area contributed by atoms with Gasteiger partial charge in [0.1, 0.15) is 11.9 Å². The molecule has 260 valence electrons. The summed E-state index contributed by atoms with van der Waals surface area (Å²) < 4.78 is 62.1. The number of nitrogens with one attached hydrogen (secondary N) is 2. The van der Waals surface area contributed by atoms with Gasteiger partial charge in [0, 0.05) is 31.9 Å². The van der Waals surface area contributed by atoms with Crippen LogP contribution in [-0.2, 0) is 19.4 Å². The first-order valence-corrected chi connectivity index (χ1v) is 16.8. The number of methoxy groups -OCH3 is 1. The summed E-state index contributed by atoms with van der Waals surface area (Å²) in [5.74, 6) is -6.13. The van der Waals surface area contributed by atoms with E-state index in [1.165, 1.54) is 61.3 Å². The van der Waals surface area contributed by atoms with Crippen molar-refractivity contribution in [2.24, 2.45) is 11.7 Å². The van der Waals surface area contributed by atoms with Crippen molar-refractivity contribution in [1.29, 1.82) is 0 Å². The summed E-state index contributed by atoms with van der Waals surface area (Å²) in [7, 11) is 0.240. The zero-order valence-electron chi connectivity index (χ0n) is 26.8. The highest BCUT2D eigenvalue weighted by Gasteiger charge is 2.48. The zero-order valence-corrected chi connectivity index (χ0v) is 27.6. The fraction of sp³-hybridized carbons (Fsp3) is 0.333. The Morgan fingerprint density at radius 2 is 1.69 bits per heavy atom. The largest absolute Gasteiger partial charge is 0.494 e. The molecule has 16 heteroatoms. The SMILES string of the molecule is COc1cc([C@H](Nc2cc(C(N)=O)ccc2F)C(=O)N2CCC(C(=O)O)C2c2cc(NC(=O)N(C)C)ccc2S(=O)(=O)C2CC2)ccc1F. The number of sulfone groups is 1. The third-order valence-corrected chi connectivity index (χ3v) is 10.9. The Balaban J connectivity index is 1.67. The number of carbonyl (C=O) groups excluding carboxylic acids is 3. The lowest BCUT2D eigenvalue weighted by atomic mass is 9.92. The number of ether oxygens (including phenoxy) is 1. The molecule has 4 amide bonds. The number of nitrogens with zero attached hydrogens (tertiary/aromatic N) is 2. The highest BCUT2D eigenvalue weighted by Crippen LogP contribution is 2.45. The van der Waals surface area contributed by atoms with Crippen LogP contribution in [0.5, 0.6) is 5.75 Å². The molecule has 0 spiro atoms. The van der Waals surface area contributed by atoms with Crippen LogP contribution in [0.3, 0.4) is 0 Å². The molecule has 5 N–H and O–H groups in total. The second-order valence-electron chi connectivity index (χ2n) is 12.1. The summed E-state index contributed by atoms with van der Waals surface area (Å²) in [5.41, 5.74) is 5.23. The number of benzene rings is 3. The monoisotopic (exact) mass is 699 g/mol. The number of urea groups is 1. The Hall–Kier alpha value is -5.25. The molecule has 3 atom stereocenters.